The summed E-state index contributed by atoms with van der Waals surface area (Å²) >= 11 is 0. The Morgan fingerprint density at radius 3 is 2.60 bits per heavy atom. The van der Waals surface area contributed by atoms with Gasteiger partial charge in [0, 0.05) is 30.5 Å². The van der Waals surface area contributed by atoms with Crippen LogP contribution in [-0.4, -0.2) is 24.1 Å². The van der Waals surface area contributed by atoms with E-state index in [-0.39, 0.29) is 0 Å². The molecule has 0 N–H and O–H groups in total. The van der Waals surface area contributed by atoms with Crippen molar-refractivity contribution in [2.75, 3.05) is 19.1 Å². The second kappa shape index (κ2) is 5.17. The highest BCUT2D eigenvalue weighted by Gasteiger charge is 2.09. The summed E-state index contributed by atoms with van der Waals surface area (Å²) in [7, 11) is 3.67. The first-order valence-corrected chi connectivity index (χ1v) is 6.36. The van der Waals surface area contributed by atoms with Crippen molar-refractivity contribution in [2.24, 2.45) is 0 Å². The number of pyridine rings is 2. The second-order valence-electron chi connectivity index (χ2n) is 4.49. The highest BCUT2D eigenvalue weighted by molar-refractivity contribution is 5.91. The summed E-state index contributed by atoms with van der Waals surface area (Å²) in [6.45, 7) is 0. The molecule has 20 heavy (non-hydrogen) atoms. The monoisotopic (exact) mass is 265 g/mol. The number of benzene rings is 1. The summed E-state index contributed by atoms with van der Waals surface area (Å²) in [5.41, 5.74) is 2.99. The molecule has 0 spiro atoms. The van der Waals surface area contributed by atoms with E-state index in [0.717, 1.165) is 28.0 Å². The zero-order chi connectivity index (χ0) is 13.9. The van der Waals surface area contributed by atoms with Crippen molar-refractivity contribution in [3.63, 3.8) is 0 Å². The van der Waals surface area contributed by atoms with Gasteiger partial charge in [-0.25, -0.2) is 0 Å². The third kappa shape index (κ3) is 2.16. The number of hydrogen-bond donors (Lipinski definition) is 0. The molecule has 0 saturated heterocycles. The van der Waals surface area contributed by atoms with Gasteiger partial charge in [-0.3, -0.25) is 9.97 Å². The Morgan fingerprint density at radius 1 is 1.05 bits per heavy atom. The molecule has 4 nitrogen and oxygen atoms in total. The Hall–Kier alpha value is -2.62. The molecule has 100 valence electrons. The summed E-state index contributed by atoms with van der Waals surface area (Å²) in [6, 6.07) is 11.8. The van der Waals surface area contributed by atoms with Crippen LogP contribution in [0.1, 0.15) is 0 Å². The summed E-state index contributed by atoms with van der Waals surface area (Å²) < 4.78 is 5.18. The van der Waals surface area contributed by atoms with Crippen LogP contribution in [0.4, 0.5) is 11.4 Å². The second-order valence-corrected chi connectivity index (χ2v) is 4.49. The average molecular weight is 265 g/mol. The van der Waals surface area contributed by atoms with E-state index in [1.54, 1.807) is 13.3 Å². The number of fused-ring (bicyclic) bond motifs is 1. The minimum atomic E-state index is 0.844. The van der Waals surface area contributed by atoms with Crippen molar-refractivity contribution in [2.45, 2.75) is 0 Å². The van der Waals surface area contributed by atoms with Gasteiger partial charge in [0.25, 0.3) is 0 Å². The van der Waals surface area contributed by atoms with Crippen molar-refractivity contribution in [1.29, 1.82) is 0 Å². The molecule has 2 aromatic heterocycles. The van der Waals surface area contributed by atoms with Crippen LogP contribution in [0.2, 0.25) is 0 Å². The van der Waals surface area contributed by atoms with E-state index < -0.39 is 0 Å². The number of methoxy groups -OCH3 is 1. The molecule has 1 aromatic carbocycles. The van der Waals surface area contributed by atoms with Crippen LogP contribution in [-0.2, 0) is 0 Å². The lowest BCUT2D eigenvalue weighted by atomic mass is 10.2. The van der Waals surface area contributed by atoms with Gasteiger partial charge in [0.1, 0.15) is 5.75 Å². The summed E-state index contributed by atoms with van der Waals surface area (Å²) in [4.78, 5) is 10.8. The van der Waals surface area contributed by atoms with Crippen LogP contribution in [0.25, 0.3) is 10.9 Å². The lowest BCUT2D eigenvalue weighted by molar-refractivity contribution is 0.415. The van der Waals surface area contributed by atoms with Gasteiger partial charge in [-0.1, -0.05) is 0 Å². The molecule has 0 unspecified atom stereocenters. The smallest absolute Gasteiger partial charge is 0.119 e. The SMILES string of the molecule is COc1ccc(N(C)c2cncc3cccnc23)cc1. The highest BCUT2D eigenvalue weighted by atomic mass is 16.5. The van der Waals surface area contributed by atoms with Crippen molar-refractivity contribution in [3.8, 4) is 5.75 Å². The maximum atomic E-state index is 5.18. The molecule has 0 amide bonds. The van der Waals surface area contributed by atoms with Crippen LogP contribution < -0.4 is 9.64 Å². The van der Waals surface area contributed by atoms with Crippen LogP contribution in [0, 0.1) is 0 Å². The molecule has 0 atom stereocenters. The quantitative estimate of drug-likeness (QED) is 0.727. The molecule has 2 heterocycles. The van der Waals surface area contributed by atoms with Gasteiger partial charge in [-0.2, -0.15) is 0 Å². The first kappa shape index (κ1) is 12.4. The average Bonchev–Trinajstić information content (AvgIpc) is 2.54. The van der Waals surface area contributed by atoms with Crippen LogP contribution in [0.5, 0.6) is 5.75 Å². The predicted molar refractivity (Wildman–Crippen MR) is 80.6 cm³/mol. The molecule has 0 saturated carbocycles. The van der Waals surface area contributed by atoms with Crippen LogP contribution in [0.3, 0.4) is 0 Å². The molecule has 0 aliphatic heterocycles. The molecule has 0 bridgehead atoms. The fourth-order valence-electron chi connectivity index (χ4n) is 2.18. The van der Waals surface area contributed by atoms with Gasteiger partial charge in [0.05, 0.1) is 24.5 Å². The van der Waals surface area contributed by atoms with Crippen molar-refractivity contribution >= 4 is 22.3 Å². The molecular formula is C16H15N3O. The number of aromatic nitrogens is 2. The number of hydrogen-bond acceptors (Lipinski definition) is 4. The van der Waals surface area contributed by atoms with Crippen molar-refractivity contribution < 1.29 is 4.74 Å². The molecule has 3 rings (SSSR count). The minimum absolute atomic E-state index is 0.844. The van der Waals surface area contributed by atoms with Gasteiger partial charge >= 0.3 is 0 Å². The topological polar surface area (TPSA) is 38.2 Å². The summed E-state index contributed by atoms with van der Waals surface area (Å²) in [5, 5.41) is 1.03. The van der Waals surface area contributed by atoms with E-state index in [1.807, 2.05) is 55.8 Å². The number of rotatable bonds is 3. The molecule has 0 fully saturated rings. The Bertz CT molecular complexity index is 720. The summed E-state index contributed by atoms with van der Waals surface area (Å²) in [6.07, 6.45) is 5.46. The minimum Gasteiger partial charge on any atom is -0.497 e. The molecule has 0 aliphatic carbocycles. The molecule has 3 aromatic rings. The van der Waals surface area contributed by atoms with E-state index in [4.69, 9.17) is 4.74 Å². The predicted octanol–water partition coefficient (Wildman–Crippen LogP) is 3.41. The zero-order valence-electron chi connectivity index (χ0n) is 11.4. The highest BCUT2D eigenvalue weighted by Crippen LogP contribution is 2.29. The third-order valence-corrected chi connectivity index (χ3v) is 3.31. The van der Waals surface area contributed by atoms with Crippen LogP contribution in [0.15, 0.2) is 55.0 Å². The lowest BCUT2D eigenvalue weighted by Gasteiger charge is -2.20. The molecule has 0 aliphatic rings. The Kier molecular flexibility index (Phi) is 3.21. The first-order valence-electron chi connectivity index (χ1n) is 6.36. The van der Waals surface area contributed by atoms with Crippen molar-refractivity contribution in [3.05, 3.63) is 55.0 Å². The number of ether oxygens (including phenoxy) is 1. The summed E-state index contributed by atoms with van der Waals surface area (Å²) in [5.74, 6) is 0.844. The number of anilines is 2. The number of nitrogens with zero attached hydrogens (tertiary/aromatic N) is 3. The van der Waals surface area contributed by atoms with Gasteiger partial charge < -0.3 is 9.64 Å². The van der Waals surface area contributed by atoms with Gasteiger partial charge in [0.2, 0.25) is 0 Å². The largest absolute Gasteiger partial charge is 0.497 e. The van der Waals surface area contributed by atoms with E-state index in [0.29, 0.717) is 0 Å². The lowest BCUT2D eigenvalue weighted by Crippen LogP contribution is -2.10. The van der Waals surface area contributed by atoms with E-state index in [1.165, 1.54) is 0 Å². The van der Waals surface area contributed by atoms with Gasteiger partial charge in [-0.15, -0.1) is 0 Å². The normalized spacial score (nSPS) is 10.5. The molecule has 0 radical (unpaired) electrons. The standard InChI is InChI=1S/C16H15N3O/c1-19(13-5-7-14(20-2)8-6-13)15-11-17-10-12-4-3-9-18-16(12)15/h3-11H,1-2H3. The van der Waals surface area contributed by atoms with E-state index >= 15 is 0 Å². The Balaban J connectivity index is 2.05. The van der Waals surface area contributed by atoms with Gasteiger partial charge in [0.15, 0.2) is 0 Å². The van der Waals surface area contributed by atoms with E-state index in [9.17, 15) is 0 Å². The van der Waals surface area contributed by atoms with Gasteiger partial charge in [-0.05, 0) is 36.4 Å². The fraction of sp³-hybridized carbons (Fsp3) is 0.125. The zero-order valence-corrected chi connectivity index (χ0v) is 11.4. The fourth-order valence-corrected chi connectivity index (χ4v) is 2.18. The maximum Gasteiger partial charge on any atom is 0.119 e. The first-order chi connectivity index (χ1) is 9.79. The van der Waals surface area contributed by atoms with E-state index in [2.05, 4.69) is 14.9 Å². The molecular weight excluding hydrogens is 250 g/mol. The maximum absolute atomic E-state index is 5.18. The Morgan fingerprint density at radius 2 is 1.85 bits per heavy atom. The Labute approximate surface area is 117 Å². The van der Waals surface area contributed by atoms with Crippen molar-refractivity contribution in [1.82, 2.24) is 9.97 Å². The third-order valence-electron chi connectivity index (χ3n) is 3.31. The van der Waals surface area contributed by atoms with Crippen LogP contribution >= 0.6 is 0 Å². The molecule has 4 heteroatoms.